The maximum absolute atomic E-state index is 11.1. The molecule has 1 atom stereocenters. The van der Waals surface area contributed by atoms with Crippen molar-refractivity contribution >= 4 is 18.1 Å². The van der Waals surface area contributed by atoms with Crippen molar-refractivity contribution in [1.29, 1.82) is 0 Å². The maximum Gasteiger partial charge on any atom is 0.303 e. The van der Waals surface area contributed by atoms with Crippen LogP contribution in [0.2, 0.25) is 0 Å². The molecule has 0 amide bonds. The smallest absolute Gasteiger partial charge is 0.303 e. The molecule has 1 aliphatic rings. The van der Waals surface area contributed by atoms with E-state index in [1.165, 1.54) is 11.1 Å². The minimum Gasteiger partial charge on any atom is -0.481 e. The summed E-state index contributed by atoms with van der Waals surface area (Å²) in [6.45, 7) is 0. The molecule has 0 aliphatic heterocycles. The summed E-state index contributed by atoms with van der Waals surface area (Å²) in [4.78, 5) is 11.1. The molecule has 3 heteroatoms. The highest BCUT2D eigenvalue weighted by Crippen LogP contribution is 2.34. The van der Waals surface area contributed by atoms with Crippen molar-refractivity contribution in [2.75, 3.05) is 0 Å². The Morgan fingerprint density at radius 2 is 1.62 bits per heavy atom. The summed E-state index contributed by atoms with van der Waals surface area (Å²) >= 11 is 0. The zero-order valence-corrected chi connectivity index (χ0v) is 16.3. The van der Waals surface area contributed by atoms with Crippen LogP contribution in [0.15, 0.2) is 72.8 Å². The fourth-order valence-corrected chi connectivity index (χ4v) is 3.93. The minimum absolute atomic E-state index is 0.145. The number of benzene rings is 3. The first-order valence-electron chi connectivity index (χ1n) is 10.0. The lowest BCUT2D eigenvalue weighted by atomic mass is 9.80. The monoisotopic (exact) mass is 384 g/mol. The number of para-hydroxylation sites is 1. The van der Waals surface area contributed by atoms with E-state index in [9.17, 15) is 4.79 Å². The summed E-state index contributed by atoms with van der Waals surface area (Å²) in [7, 11) is 0. The van der Waals surface area contributed by atoms with Gasteiger partial charge in [-0.15, -0.1) is 0 Å². The number of aliphatic carboxylic acids is 1. The van der Waals surface area contributed by atoms with E-state index in [0.29, 0.717) is 0 Å². The number of rotatable bonds is 6. The van der Waals surface area contributed by atoms with E-state index >= 15 is 0 Å². The first-order valence-corrected chi connectivity index (χ1v) is 10.0. The van der Waals surface area contributed by atoms with Gasteiger partial charge in [0.1, 0.15) is 11.5 Å². The lowest BCUT2D eigenvalue weighted by Crippen LogP contribution is -2.13. The molecule has 0 saturated carbocycles. The number of carboxylic acids is 1. The van der Waals surface area contributed by atoms with E-state index < -0.39 is 5.97 Å². The molecule has 0 unspecified atom stereocenters. The third kappa shape index (κ3) is 4.94. The van der Waals surface area contributed by atoms with Gasteiger partial charge < -0.3 is 9.84 Å². The van der Waals surface area contributed by atoms with Crippen LogP contribution in [0.3, 0.4) is 0 Å². The maximum atomic E-state index is 11.1. The van der Waals surface area contributed by atoms with Gasteiger partial charge in [0.25, 0.3) is 0 Å². The van der Waals surface area contributed by atoms with Gasteiger partial charge >= 0.3 is 5.97 Å². The fourth-order valence-electron chi connectivity index (χ4n) is 3.93. The van der Waals surface area contributed by atoms with Crippen molar-refractivity contribution in [3.8, 4) is 11.5 Å². The zero-order valence-electron chi connectivity index (χ0n) is 16.3. The highest BCUT2D eigenvalue weighted by Gasteiger charge is 2.22. The van der Waals surface area contributed by atoms with Crippen LogP contribution < -0.4 is 4.74 Å². The van der Waals surface area contributed by atoms with E-state index in [0.717, 1.165) is 41.9 Å². The molecule has 0 fully saturated rings. The van der Waals surface area contributed by atoms with E-state index in [-0.39, 0.29) is 12.3 Å². The van der Waals surface area contributed by atoms with Crippen LogP contribution in [0.25, 0.3) is 12.2 Å². The summed E-state index contributed by atoms with van der Waals surface area (Å²) in [5.41, 5.74) is 4.74. The molecule has 4 rings (SSSR count). The number of hydrogen-bond donors (Lipinski definition) is 1. The standard InChI is InChI=1S/C26H24O3/c27-26(28)18-22-6-4-5-21-17-20(13-16-25(21)22)10-9-19-11-14-24(15-12-19)29-23-7-2-1-3-8-23/h1-3,7-17,22H,4-6,18H2,(H,27,28)/t22-/m1/s1. The van der Waals surface area contributed by atoms with Gasteiger partial charge in [-0.25, -0.2) is 0 Å². The summed E-state index contributed by atoms with van der Waals surface area (Å²) in [6, 6.07) is 24.2. The van der Waals surface area contributed by atoms with E-state index in [2.05, 4.69) is 30.4 Å². The Labute approximate surface area is 171 Å². The third-order valence-electron chi connectivity index (χ3n) is 5.35. The lowest BCUT2D eigenvalue weighted by Gasteiger charge is -2.24. The second-order valence-electron chi connectivity index (χ2n) is 7.46. The molecule has 0 spiro atoms. The van der Waals surface area contributed by atoms with Crippen LogP contribution in [-0.4, -0.2) is 11.1 Å². The molecule has 146 valence electrons. The van der Waals surface area contributed by atoms with Crippen molar-refractivity contribution in [3.05, 3.63) is 95.1 Å². The normalized spacial score (nSPS) is 15.8. The summed E-state index contributed by atoms with van der Waals surface area (Å²) in [5.74, 6) is 1.07. The van der Waals surface area contributed by atoms with Crippen LogP contribution in [0.1, 0.15) is 47.4 Å². The molecule has 3 aromatic rings. The van der Waals surface area contributed by atoms with Crippen molar-refractivity contribution < 1.29 is 14.6 Å². The number of carbonyl (C=O) groups is 1. The molecule has 0 aromatic heterocycles. The topological polar surface area (TPSA) is 46.5 Å². The molecule has 0 radical (unpaired) electrons. The fraction of sp³-hybridized carbons (Fsp3) is 0.192. The zero-order chi connectivity index (χ0) is 20.1. The quantitative estimate of drug-likeness (QED) is 0.491. The Balaban J connectivity index is 1.44. The van der Waals surface area contributed by atoms with Gasteiger partial charge in [0.2, 0.25) is 0 Å². The number of hydrogen-bond acceptors (Lipinski definition) is 2. The van der Waals surface area contributed by atoms with Crippen LogP contribution in [-0.2, 0) is 11.2 Å². The minimum atomic E-state index is -0.716. The van der Waals surface area contributed by atoms with Gasteiger partial charge in [-0.3, -0.25) is 4.79 Å². The summed E-state index contributed by atoms with van der Waals surface area (Å²) in [5, 5.41) is 9.14. The number of carboxylic acid groups (broad SMARTS) is 1. The van der Waals surface area contributed by atoms with Crippen LogP contribution >= 0.6 is 0 Å². The van der Waals surface area contributed by atoms with Crippen LogP contribution in [0.5, 0.6) is 11.5 Å². The summed E-state index contributed by atoms with van der Waals surface area (Å²) < 4.78 is 5.83. The van der Waals surface area contributed by atoms with E-state index in [1.807, 2.05) is 54.6 Å². The first kappa shape index (κ1) is 19.0. The molecule has 1 N–H and O–H groups in total. The average molecular weight is 384 g/mol. The van der Waals surface area contributed by atoms with Crippen LogP contribution in [0.4, 0.5) is 0 Å². The molecule has 0 saturated heterocycles. The molecule has 3 nitrogen and oxygen atoms in total. The van der Waals surface area contributed by atoms with Gasteiger partial charge in [-0.1, -0.05) is 60.7 Å². The van der Waals surface area contributed by atoms with Gasteiger partial charge in [0.15, 0.2) is 0 Å². The van der Waals surface area contributed by atoms with Crippen molar-refractivity contribution in [3.63, 3.8) is 0 Å². The molecule has 0 heterocycles. The van der Waals surface area contributed by atoms with Gasteiger partial charge in [0.05, 0.1) is 6.42 Å². The molecular weight excluding hydrogens is 360 g/mol. The highest BCUT2D eigenvalue weighted by atomic mass is 16.5. The van der Waals surface area contributed by atoms with E-state index in [1.54, 1.807) is 0 Å². The third-order valence-corrected chi connectivity index (χ3v) is 5.35. The molecule has 3 aromatic carbocycles. The first-order chi connectivity index (χ1) is 14.2. The number of aryl methyl sites for hydroxylation is 1. The second-order valence-corrected chi connectivity index (χ2v) is 7.46. The predicted octanol–water partition coefficient (Wildman–Crippen LogP) is 6.54. The SMILES string of the molecule is O=C(O)C[C@H]1CCCc2cc(C=Cc3ccc(Oc4ccccc4)cc3)ccc21. The Bertz CT molecular complexity index is 1000. The Kier molecular flexibility index (Phi) is 5.76. The predicted molar refractivity (Wildman–Crippen MR) is 116 cm³/mol. The molecule has 1 aliphatic carbocycles. The Morgan fingerprint density at radius 3 is 2.38 bits per heavy atom. The van der Waals surface area contributed by atoms with Gasteiger partial charge in [-0.2, -0.15) is 0 Å². The van der Waals surface area contributed by atoms with Crippen molar-refractivity contribution in [1.82, 2.24) is 0 Å². The van der Waals surface area contributed by atoms with Crippen molar-refractivity contribution in [2.24, 2.45) is 0 Å². The molecule has 0 bridgehead atoms. The average Bonchev–Trinajstić information content (AvgIpc) is 2.74. The lowest BCUT2D eigenvalue weighted by molar-refractivity contribution is -0.137. The van der Waals surface area contributed by atoms with Gasteiger partial charge in [0, 0.05) is 0 Å². The number of fused-ring (bicyclic) bond motifs is 1. The molecule has 29 heavy (non-hydrogen) atoms. The Morgan fingerprint density at radius 1 is 0.931 bits per heavy atom. The molecular formula is C26H24O3. The highest BCUT2D eigenvalue weighted by molar-refractivity contribution is 5.71. The van der Waals surface area contributed by atoms with E-state index in [4.69, 9.17) is 9.84 Å². The largest absolute Gasteiger partial charge is 0.481 e. The Hall–Kier alpha value is -3.33. The number of ether oxygens (including phenoxy) is 1. The summed E-state index contributed by atoms with van der Waals surface area (Å²) in [6.07, 6.45) is 7.46. The van der Waals surface area contributed by atoms with Crippen molar-refractivity contribution in [2.45, 2.75) is 31.6 Å². The second kappa shape index (κ2) is 8.78. The van der Waals surface area contributed by atoms with Gasteiger partial charge in [-0.05, 0) is 71.7 Å². The van der Waals surface area contributed by atoms with Crippen LogP contribution in [0, 0.1) is 0 Å².